The first kappa shape index (κ1) is 15.6. The highest BCUT2D eigenvalue weighted by Crippen LogP contribution is 2.23. The third-order valence-electron chi connectivity index (χ3n) is 2.69. The van der Waals surface area contributed by atoms with E-state index in [-0.39, 0.29) is 30.6 Å². The molecule has 0 bridgehead atoms. The fourth-order valence-corrected chi connectivity index (χ4v) is 2.46. The van der Waals surface area contributed by atoms with E-state index in [1.54, 1.807) is 17.5 Å². The van der Waals surface area contributed by atoms with E-state index in [9.17, 15) is 14.3 Å². The standard InChI is InChI=1S/C14H15FN2O3S/c1-20-7-11(18)6-16-13(19)12-8-21-14(17-12)9-2-4-10(15)5-3-9/h2-5,8,11,18H,6-7H2,1H3,(H,16,19). The van der Waals surface area contributed by atoms with E-state index in [1.807, 2.05) is 0 Å². The van der Waals surface area contributed by atoms with E-state index in [4.69, 9.17) is 4.74 Å². The van der Waals surface area contributed by atoms with Gasteiger partial charge in [0.2, 0.25) is 0 Å². The lowest BCUT2D eigenvalue weighted by Gasteiger charge is -2.09. The normalized spacial score (nSPS) is 12.1. The summed E-state index contributed by atoms with van der Waals surface area (Å²) in [4.78, 5) is 16.1. The Kier molecular flexibility index (Phi) is 5.38. The van der Waals surface area contributed by atoms with Crippen LogP contribution in [0.25, 0.3) is 10.6 Å². The first-order valence-corrected chi connectivity index (χ1v) is 7.15. The van der Waals surface area contributed by atoms with Gasteiger partial charge < -0.3 is 15.2 Å². The number of carbonyl (C=O) groups excluding carboxylic acids is 1. The second-order valence-corrected chi connectivity index (χ2v) is 5.22. The van der Waals surface area contributed by atoms with Gasteiger partial charge in [0.1, 0.15) is 16.5 Å². The molecule has 1 aromatic carbocycles. The number of methoxy groups -OCH3 is 1. The molecule has 1 atom stereocenters. The lowest BCUT2D eigenvalue weighted by Crippen LogP contribution is -2.34. The lowest BCUT2D eigenvalue weighted by atomic mass is 10.2. The smallest absolute Gasteiger partial charge is 0.270 e. The maximum Gasteiger partial charge on any atom is 0.270 e. The number of benzene rings is 1. The minimum absolute atomic E-state index is 0.0933. The number of amides is 1. The minimum atomic E-state index is -0.755. The number of aromatic nitrogens is 1. The summed E-state index contributed by atoms with van der Waals surface area (Å²) in [6.07, 6.45) is -0.755. The second-order valence-electron chi connectivity index (χ2n) is 4.36. The fourth-order valence-electron chi connectivity index (χ4n) is 1.66. The Labute approximate surface area is 125 Å². The molecular weight excluding hydrogens is 295 g/mol. The molecule has 5 nitrogen and oxygen atoms in total. The number of hydrogen-bond donors (Lipinski definition) is 2. The quantitative estimate of drug-likeness (QED) is 0.851. The van der Waals surface area contributed by atoms with E-state index in [2.05, 4.69) is 10.3 Å². The molecule has 2 rings (SSSR count). The molecule has 1 unspecified atom stereocenters. The van der Waals surface area contributed by atoms with Crippen LogP contribution in [0.1, 0.15) is 10.5 Å². The van der Waals surface area contributed by atoms with Crippen molar-refractivity contribution >= 4 is 17.2 Å². The predicted molar refractivity (Wildman–Crippen MR) is 77.7 cm³/mol. The number of aliphatic hydroxyl groups is 1. The van der Waals surface area contributed by atoms with Crippen molar-refractivity contribution in [3.05, 3.63) is 41.2 Å². The molecule has 1 amide bonds. The van der Waals surface area contributed by atoms with Crippen LogP contribution in [0.4, 0.5) is 4.39 Å². The molecule has 112 valence electrons. The van der Waals surface area contributed by atoms with E-state index < -0.39 is 6.10 Å². The van der Waals surface area contributed by atoms with Crippen LogP contribution in [0.15, 0.2) is 29.6 Å². The molecule has 0 spiro atoms. The van der Waals surface area contributed by atoms with Crippen molar-refractivity contribution in [3.63, 3.8) is 0 Å². The van der Waals surface area contributed by atoms with E-state index in [0.717, 1.165) is 5.56 Å². The topological polar surface area (TPSA) is 71.5 Å². The summed E-state index contributed by atoms with van der Waals surface area (Å²) in [5, 5.41) is 14.3. The molecule has 0 aliphatic carbocycles. The first-order valence-electron chi connectivity index (χ1n) is 6.27. The van der Waals surface area contributed by atoms with Crippen LogP contribution in [0.3, 0.4) is 0 Å². The summed E-state index contributed by atoms with van der Waals surface area (Å²) >= 11 is 1.30. The van der Waals surface area contributed by atoms with Crippen molar-refractivity contribution in [3.8, 4) is 10.6 Å². The van der Waals surface area contributed by atoms with E-state index in [1.165, 1.54) is 30.6 Å². The molecule has 0 fully saturated rings. The number of nitrogens with one attached hydrogen (secondary N) is 1. The molecule has 7 heteroatoms. The van der Waals surface area contributed by atoms with Gasteiger partial charge in [-0.3, -0.25) is 4.79 Å². The Morgan fingerprint density at radius 2 is 2.19 bits per heavy atom. The van der Waals surface area contributed by atoms with Crippen LogP contribution in [-0.2, 0) is 4.74 Å². The molecular formula is C14H15FN2O3S. The SMILES string of the molecule is COCC(O)CNC(=O)c1csc(-c2ccc(F)cc2)n1. The summed E-state index contributed by atoms with van der Waals surface area (Å²) in [5.41, 5.74) is 1.02. The summed E-state index contributed by atoms with van der Waals surface area (Å²) in [6, 6.07) is 5.91. The molecule has 0 saturated heterocycles. The van der Waals surface area contributed by atoms with Gasteiger partial charge in [0.15, 0.2) is 0 Å². The number of halogens is 1. The number of rotatable bonds is 6. The molecule has 21 heavy (non-hydrogen) atoms. The van der Waals surface area contributed by atoms with Gasteiger partial charge in [0.05, 0.1) is 12.7 Å². The molecule has 0 radical (unpaired) electrons. The molecule has 0 aliphatic rings. The third-order valence-corrected chi connectivity index (χ3v) is 3.58. The van der Waals surface area contributed by atoms with Crippen molar-refractivity contribution in [1.29, 1.82) is 0 Å². The largest absolute Gasteiger partial charge is 0.389 e. The Bertz CT molecular complexity index is 601. The van der Waals surface area contributed by atoms with Gasteiger partial charge in [-0.1, -0.05) is 0 Å². The Hall–Kier alpha value is -1.83. The maximum atomic E-state index is 12.9. The number of thiazole rings is 1. The van der Waals surface area contributed by atoms with E-state index in [0.29, 0.717) is 5.01 Å². The van der Waals surface area contributed by atoms with Crippen molar-refractivity contribution in [2.75, 3.05) is 20.3 Å². The average Bonchev–Trinajstić information content (AvgIpc) is 2.96. The Morgan fingerprint density at radius 3 is 2.86 bits per heavy atom. The monoisotopic (exact) mass is 310 g/mol. The van der Waals surface area contributed by atoms with Crippen LogP contribution in [0, 0.1) is 5.82 Å². The number of hydrogen-bond acceptors (Lipinski definition) is 5. The summed E-state index contributed by atoms with van der Waals surface area (Å²) in [7, 11) is 1.47. The predicted octanol–water partition coefficient (Wildman–Crippen LogP) is 1.69. The van der Waals surface area contributed by atoms with Crippen LogP contribution < -0.4 is 5.32 Å². The van der Waals surface area contributed by atoms with Crippen LogP contribution in [-0.4, -0.2) is 42.4 Å². The van der Waals surface area contributed by atoms with Crippen molar-refractivity contribution in [1.82, 2.24) is 10.3 Å². The van der Waals surface area contributed by atoms with Gasteiger partial charge in [-0.15, -0.1) is 11.3 Å². The van der Waals surface area contributed by atoms with Crippen LogP contribution in [0.2, 0.25) is 0 Å². The zero-order chi connectivity index (χ0) is 15.2. The van der Waals surface area contributed by atoms with Crippen molar-refractivity contribution in [2.45, 2.75) is 6.10 Å². The number of nitrogens with zero attached hydrogens (tertiary/aromatic N) is 1. The van der Waals surface area contributed by atoms with Crippen molar-refractivity contribution < 1.29 is 19.0 Å². The third kappa shape index (κ3) is 4.32. The second kappa shape index (κ2) is 7.26. The van der Waals surface area contributed by atoms with Gasteiger partial charge in [0, 0.05) is 24.6 Å². The molecule has 0 saturated carbocycles. The minimum Gasteiger partial charge on any atom is -0.389 e. The lowest BCUT2D eigenvalue weighted by molar-refractivity contribution is 0.0609. The molecule has 2 N–H and O–H groups in total. The highest BCUT2D eigenvalue weighted by atomic mass is 32.1. The summed E-state index contributed by atoms with van der Waals surface area (Å²) < 4.78 is 17.6. The van der Waals surface area contributed by atoms with Gasteiger partial charge in [0.25, 0.3) is 5.91 Å². The first-order chi connectivity index (χ1) is 10.1. The number of ether oxygens (including phenoxy) is 1. The van der Waals surface area contributed by atoms with Crippen molar-refractivity contribution in [2.24, 2.45) is 0 Å². The molecule has 0 aliphatic heterocycles. The van der Waals surface area contributed by atoms with Crippen LogP contribution in [0.5, 0.6) is 0 Å². The van der Waals surface area contributed by atoms with E-state index >= 15 is 0 Å². The van der Waals surface area contributed by atoms with Gasteiger partial charge >= 0.3 is 0 Å². The highest BCUT2D eigenvalue weighted by Gasteiger charge is 2.13. The molecule has 2 aromatic rings. The average molecular weight is 310 g/mol. The maximum absolute atomic E-state index is 12.9. The summed E-state index contributed by atoms with van der Waals surface area (Å²) in [5.74, 6) is -0.685. The number of aliphatic hydroxyl groups excluding tert-OH is 1. The Morgan fingerprint density at radius 1 is 1.48 bits per heavy atom. The van der Waals surface area contributed by atoms with Gasteiger partial charge in [-0.05, 0) is 24.3 Å². The Balaban J connectivity index is 1.99. The highest BCUT2D eigenvalue weighted by molar-refractivity contribution is 7.13. The number of carbonyl (C=O) groups is 1. The zero-order valence-corrected chi connectivity index (χ0v) is 12.2. The fraction of sp³-hybridized carbons (Fsp3) is 0.286. The van der Waals surface area contributed by atoms with Crippen LogP contribution >= 0.6 is 11.3 Å². The van der Waals surface area contributed by atoms with Gasteiger partial charge in [-0.25, -0.2) is 9.37 Å². The van der Waals surface area contributed by atoms with Gasteiger partial charge in [-0.2, -0.15) is 0 Å². The molecule has 1 heterocycles. The zero-order valence-electron chi connectivity index (χ0n) is 11.4. The molecule has 1 aromatic heterocycles. The summed E-state index contributed by atoms with van der Waals surface area (Å²) in [6.45, 7) is 0.244.